The lowest BCUT2D eigenvalue weighted by molar-refractivity contribution is -0.138. The van der Waals surface area contributed by atoms with Crippen LogP contribution in [-0.4, -0.2) is 17.5 Å². The lowest BCUT2D eigenvalue weighted by atomic mass is 10.1. The summed E-state index contributed by atoms with van der Waals surface area (Å²) >= 11 is 1.55. The maximum absolute atomic E-state index is 13.2. The van der Waals surface area contributed by atoms with Gasteiger partial charge in [-0.15, -0.1) is 11.3 Å². The van der Waals surface area contributed by atoms with E-state index in [1.807, 2.05) is 20.8 Å². The third-order valence-corrected chi connectivity index (χ3v) is 4.62. The van der Waals surface area contributed by atoms with E-state index < -0.39 is 17.6 Å². The summed E-state index contributed by atoms with van der Waals surface area (Å²) in [5, 5.41) is 7.02. The number of halogens is 4. The Bertz CT molecular complexity index is 784. The fraction of sp³-hybridized carbons (Fsp3) is 0.412. The molecule has 4 nitrogen and oxygen atoms in total. The quantitative estimate of drug-likeness (QED) is 0.459. The second-order valence-electron chi connectivity index (χ2n) is 5.59. The highest BCUT2D eigenvalue weighted by atomic mass is 32.1. The summed E-state index contributed by atoms with van der Waals surface area (Å²) in [6.45, 7) is 6.48. The summed E-state index contributed by atoms with van der Waals surface area (Å²) < 4.78 is 52.4. The van der Waals surface area contributed by atoms with E-state index in [9.17, 15) is 17.6 Å². The van der Waals surface area contributed by atoms with Crippen LogP contribution in [-0.2, 0) is 19.3 Å². The van der Waals surface area contributed by atoms with Gasteiger partial charge in [-0.05, 0) is 38.5 Å². The van der Waals surface area contributed by atoms with Crippen molar-refractivity contribution in [2.24, 2.45) is 4.99 Å². The minimum atomic E-state index is -4.63. The minimum Gasteiger partial charge on any atom is -0.357 e. The molecule has 0 saturated carbocycles. The Kier molecular flexibility index (Phi) is 6.57. The molecule has 0 aliphatic heterocycles. The van der Waals surface area contributed by atoms with Gasteiger partial charge in [0.05, 0.1) is 29.4 Å². The number of aromatic nitrogens is 1. The molecule has 26 heavy (non-hydrogen) atoms. The van der Waals surface area contributed by atoms with Crippen LogP contribution in [0.3, 0.4) is 0 Å². The van der Waals surface area contributed by atoms with E-state index in [0.29, 0.717) is 25.1 Å². The van der Waals surface area contributed by atoms with Gasteiger partial charge in [0.25, 0.3) is 0 Å². The summed E-state index contributed by atoms with van der Waals surface area (Å²) in [5.41, 5.74) is -0.180. The van der Waals surface area contributed by atoms with Crippen LogP contribution in [0.2, 0.25) is 0 Å². The van der Waals surface area contributed by atoms with Crippen molar-refractivity contribution >= 4 is 17.3 Å². The summed E-state index contributed by atoms with van der Waals surface area (Å²) in [5.74, 6) is -0.540. The molecule has 0 amide bonds. The van der Waals surface area contributed by atoms with Crippen LogP contribution in [0.5, 0.6) is 0 Å². The highest BCUT2D eigenvalue weighted by Gasteiger charge is 2.33. The average molecular weight is 388 g/mol. The first-order valence-corrected chi connectivity index (χ1v) is 8.83. The molecule has 0 bridgehead atoms. The standard InChI is InChI=1S/C17H20F4N4S/c1-4-22-16(24-9-15-10(2)25-11(3)26-15)23-8-12-5-6-13(18)7-14(12)17(19,20)21/h5-7H,4,8-9H2,1-3H3,(H2,22,23,24). The first-order chi connectivity index (χ1) is 12.2. The van der Waals surface area contributed by atoms with Crippen molar-refractivity contribution in [3.05, 3.63) is 50.7 Å². The molecule has 0 saturated heterocycles. The van der Waals surface area contributed by atoms with Crippen LogP contribution in [0.1, 0.15) is 33.6 Å². The smallest absolute Gasteiger partial charge is 0.357 e. The first-order valence-electron chi connectivity index (χ1n) is 8.01. The second-order valence-corrected chi connectivity index (χ2v) is 6.88. The number of hydrogen-bond donors (Lipinski definition) is 2. The third-order valence-electron chi connectivity index (χ3n) is 3.55. The molecule has 0 radical (unpaired) electrons. The number of thiazole rings is 1. The predicted octanol–water partition coefficient (Wildman–Crippen LogP) is 4.17. The Labute approximate surface area is 153 Å². The van der Waals surface area contributed by atoms with E-state index in [-0.39, 0.29) is 12.1 Å². The number of alkyl halides is 3. The monoisotopic (exact) mass is 388 g/mol. The van der Waals surface area contributed by atoms with Gasteiger partial charge < -0.3 is 10.6 Å². The van der Waals surface area contributed by atoms with E-state index in [1.165, 1.54) is 0 Å². The Morgan fingerprint density at radius 1 is 1.23 bits per heavy atom. The number of benzene rings is 1. The predicted molar refractivity (Wildman–Crippen MR) is 94.6 cm³/mol. The summed E-state index contributed by atoms with van der Waals surface area (Å²) in [4.78, 5) is 9.56. The maximum atomic E-state index is 13.2. The summed E-state index contributed by atoms with van der Waals surface area (Å²) in [6.07, 6.45) is -4.63. The van der Waals surface area contributed by atoms with E-state index in [2.05, 4.69) is 20.6 Å². The van der Waals surface area contributed by atoms with Gasteiger partial charge >= 0.3 is 6.18 Å². The lowest BCUT2D eigenvalue weighted by Crippen LogP contribution is -2.36. The number of guanidine groups is 1. The fourth-order valence-corrected chi connectivity index (χ4v) is 3.23. The van der Waals surface area contributed by atoms with Crippen molar-refractivity contribution in [1.29, 1.82) is 0 Å². The molecule has 0 unspecified atom stereocenters. The van der Waals surface area contributed by atoms with Crippen molar-refractivity contribution in [2.75, 3.05) is 6.54 Å². The van der Waals surface area contributed by atoms with Crippen LogP contribution >= 0.6 is 11.3 Å². The molecule has 2 rings (SSSR count). The molecule has 0 spiro atoms. The Balaban J connectivity index is 2.15. The van der Waals surface area contributed by atoms with Gasteiger partial charge in [0.1, 0.15) is 5.82 Å². The second kappa shape index (κ2) is 8.48. The fourth-order valence-electron chi connectivity index (χ4n) is 2.36. The average Bonchev–Trinajstić information content (AvgIpc) is 2.87. The number of rotatable bonds is 5. The number of aliphatic imine (C=N–C) groups is 1. The van der Waals surface area contributed by atoms with Crippen LogP contribution in [0.15, 0.2) is 23.2 Å². The topological polar surface area (TPSA) is 49.3 Å². The molecule has 1 aromatic carbocycles. The molecule has 2 aromatic rings. The normalized spacial score (nSPS) is 12.3. The van der Waals surface area contributed by atoms with E-state index in [1.54, 1.807) is 11.3 Å². The van der Waals surface area contributed by atoms with Gasteiger partial charge in [-0.25, -0.2) is 14.4 Å². The summed E-state index contributed by atoms with van der Waals surface area (Å²) in [7, 11) is 0. The van der Waals surface area contributed by atoms with Crippen molar-refractivity contribution in [1.82, 2.24) is 15.6 Å². The largest absolute Gasteiger partial charge is 0.416 e. The minimum absolute atomic E-state index is 0.0825. The first kappa shape index (κ1) is 20.2. The number of hydrogen-bond acceptors (Lipinski definition) is 3. The molecular formula is C17H20F4N4S. The molecule has 0 aliphatic carbocycles. The zero-order valence-electron chi connectivity index (χ0n) is 14.7. The van der Waals surface area contributed by atoms with Crippen LogP contribution in [0, 0.1) is 19.7 Å². The number of nitrogens with one attached hydrogen (secondary N) is 2. The van der Waals surface area contributed by atoms with Crippen molar-refractivity contribution in [3.63, 3.8) is 0 Å². The van der Waals surface area contributed by atoms with Gasteiger partial charge in [-0.1, -0.05) is 6.07 Å². The van der Waals surface area contributed by atoms with Crippen LogP contribution in [0.4, 0.5) is 17.6 Å². The van der Waals surface area contributed by atoms with Gasteiger partial charge in [-0.3, -0.25) is 0 Å². The van der Waals surface area contributed by atoms with Gasteiger partial charge in [0.2, 0.25) is 0 Å². The van der Waals surface area contributed by atoms with E-state index in [4.69, 9.17) is 0 Å². The molecule has 0 atom stereocenters. The van der Waals surface area contributed by atoms with E-state index in [0.717, 1.165) is 27.7 Å². The van der Waals surface area contributed by atoms with Crippen LogP contribution < -0.4 is 10.6 Å². The van der Waals surface area contributed by atoms with Gasteiger partial charge in [-0.2, -0.15) is 13.2 Å². The van der Waals surface area contributed by atoms with Crippen molar-refractivity contribution < 1.29 is 17.6 Å². The number of nitrogens with zero attached hydrogens (tertiary/aromatic N) is 2. The van der Waals surface area contributed by atoms with Gasteiger partial charge in [0.15, 0.2) is 5.96 Å². The SMILES string of the molecule is CCNC(=NCc1ccc(F)cc1C(F)(F)F)NCc1sc(C)nc1C. The van der Waals surface area contributed by atoms with Crippen molar-refractivity contribution in [3.8, 4) is 0 Å². The lowest BCUT2D eigenvalue weighted by Gasteiger charge is -2.14. The zero-order valence-corrected chi connectivity index (χ0v) is 15.5. The molecule has 1 aromatic heterocycles. The highest BCUT2D eigenvalue weighted by molar-refractivity contribution is 7.11. The maximum Gasteiger partial charge on any atom is 0.416 e. The third kappa shape index (κ3) is 5.42. The Morgan fingerprint density at radius 3 is 2.54 bits per heavy atom. The van der Waals surface area contributed by atoms with Crippen molar-refractivity contribution in [2.45, 2.75) is 40.0 Å². The molecule has 0 fully saturated rings. The molecule has 1 heterocycles. The van der Waals surface area contributed by atoms with Crippen LogP contribution in [0.25, 0.3) is 0 Å². The Hall–Kier alpha value is -2.16. The zero-order chi connectivity index (χ0) is 19.3. The van der Waals surface area contributed by atoms with E-state index >= 15 is 0 Å². The molecule has 2 N–H and O–H groups in total. The molecular weight excluding hydrogens is 368 g/mol. The highest BCUT2D eigenvalue weighted by Crippen LogP contribution is 2.32. The Morgan fingerprint density at radius 2 is 1.96 bits per heavy atom. The van der Waals surface area contributed by atoms with Gasteiger partial charge in [0, 0.05) is 11.4 Å². The molecule has 142 valence electrons. The molecule has 9 heteroatoms. The number of aryl methyl sites for hydroxylation is 2. The molecule has 0 aliphatic rings. The summed E-state index contributed by atoms with van der Waals surface area (Å²) in [6, 6.07) is 2.61.